The minimum atomic E-state index is 0.653. The first-order chi connectivity index (χ1) is 24.7. The number of hydrogen-bond acceptors (Lipinski definition) is 5. The fourth-order valence-electron chi connectivity index (χ4n) is 6.79. The Morgan fingerprint density at radius 2 is 0.620 bits per heavy atom. The third kappa shape index (κ3) is 5.07. The lowest BCUT2D eigenvalue weighted by molar-refractivity contribution is 1.07. The monoisotopic (exact) mass is 673 g/mol. The van der Waals surface area contributed by atoms with Gasteiger partial charge in [-0.05, 0) is 46.5 Å². The van der Waals surface area contributed by atoms with Gasteiger partial charge in [-0.1, -0.05) is 140 Å². The van der Waals surface area contributed by atoms with E-state index in [1.165, 1.54) is 51.5 Å². The molecule has 0 radical (unpaired) electrons. The molecule has 0 fully saturated rings. The molecule has 0 N–H and O–H groups in total. The third-order valence-corrected chi connectivity index (χ3v) is 11.6. The van der Waals surface area contributed by atoms with Gasteiger partial charge in [0, 0.05) is 57.0 Å². The van der Waals surface area contributed by atoms with E-state index < -0.39 is 0 Å². The first-order valence-electron chi connectivity index (χ1n) is 16.6. The molecule has 3 heterocycles. The molecule has 0 saturated carbocycles. The van der Waals surface area contributed by atoms with Gasteiger partial charge in [-0.25, -0.2) is 15.0 Å². The van der Waals surface area contributed by atoms with Crippen LogP contribution in [0.5, 0.6) is 0 Å². The molecule has 0 atom stereocenters. The van der Waals surface area contributed by atoms with Crippen molar-refractivity contribution in [3.8, 4) is 56.4 Å². The Labute approximate surface area is 296 Å². The van der Waals surface area contributed by atoms with Gasteiger partial charge in [0.15, 0.2) is 17.5 Å². The van der Waals surface area contributed by atoms with Crippen LogP contribution in [0.3, 0.4) is 0 Å². The van der Waals surface area contributed by atoms with Crippen molar-refractivity contribution in [3.63, 3.8) is 0 Å². The summed E-state index contributed by atoms with van der Waals surface area (Å²) in [5.74, 6) is 1.97. The lowest BCUT2D eigenvalue weighted by atomic mass is 10.0. The smallest absolute Gasteiger partial charge is 0.164 e. The normalized spacial score (nSPS) is 11.6. The van der Waals surface area contributed by atoms with E-state index in [1.807, 2.05) is 17.4 Å². The largest absolute Gasteiger partial charge is 0.208 e. The zero-order valence-electron chi connectivity index (χ0n) is 26.7. The molecule has 0 aliphatic heterocycles. The molecule has 10 aromatic rings. The molecule has 7 aromatic carbocycles. The Morgan fingerprint density at radius 1 is 0.260 bits per heavy atom. The van der Waals surface area contributed by atoms with Gasteiger partial charge in [0.1, 0.15) is 0 Å². The summed E-state index contributed by atoms with van der Waals surface area (Å²) < 4.78 is 5.12. The molecule has 3 nitrogen and oxygen atoms in total. The van der Waals surface area contributed by atoms with E-state index in [-0.39, 0.29) is 0 Å². The standard InChI is InChI=1S/C45H27N3S2/c1-2-8-28(9-3-1)29-14-18-31(19-15-29)43-46-44(48-45(47-43)34-23-25-38-36-11-5-7-13-40(36)50-42(38)27-34)32-20-16-30(17-21-32)33-22-24-37-35-10-4-6-12-39(35)49-41(37)26-33/h1-27H. The highest BCUT2D eigenvalue weighted by atomic mass is 32.1. The SMILES string of the molecule is c1ccc(-c2ccc(-c3nc(-c4ccc(-c5ccc6c(c5)sc5ccccc56)cc4)nc(-c4ccc5c(c4)sc4ccccc45)n3)cc2)cc1. The first kappa shape index (κ1) is 29.0. The molecular weight excluding hydrogens is 647 g/mol. The summed E-state index contributed by atoms with van der Waals surface area (Å²) in [6.07, 6.45) is 0. The Morgan fingerprint density at radius 3 is 1.18 bits per heavy atom. The highest BCUT2D eigenvalue weighted by Gasteiger charge is 2.15. The van der Waals surface area contributed by atoms with E-state index in [0.29, 0.717) is 17.5 Å². The lowest BCUT2D eigenvalue weighted by Crippen LogP contribution is -2.00. The van der Waals surface area contributed by atoms with Crippen LogP contribution in [0.4, 0.5) is 0 Å². The summed E-state index contributed by atoms with van der Waals surface area (Å²) in [5.41, 5.74) is 7.57. The number of fused-ring (bicyclic) bond motifs is 6. The first-order valence-corrected chi connectivity index (χ1v) is 18.2. The van der Waals surface area contributed by atoms with Crippen molar-refractivity contribution in [3.05, 3.63) is 164 Å². The molecule has 234 valence electrons. The van der Waals surface area contributed by atoms with Gasteiger partial charge in [-0.3, -0.25) is 0 Å². The van der Waals surface area contributed by atoms with E-state index in [1.54, 1.807) is 11.3 Å². The van der Waals surface area contributed by atoms with Crippen LogP contribution in [0.2, 0.25) is 0 Å². The molecular formula is C45H27N3S2. The van der Waals surface area contributed by atoms with Crippen molar-refractivity contribution < 1.29 is 0 Å². The number of rotatable bonds is 5. The van der Waals surface area contributed by atoms with Gasteiger partial charge >= 0.3 is 0 Å². The molecule has 0 amide bonds. The summed E-state index contributed by atoms with van der Waals surface area (Å²) in [5, 5.41) is 5.16. The maximum absolute atomic E-state index is 5.08. The van der Waals surface area contributed by atoms with Crippen molar-refractivity contribution in [1.82, 2.24) is 15.0 Å². The second kappa shape index (κ2) is 11.8. The van der Waals surface area contributed by atoms with Crippen LogP contribution in [0.1, 0.15) is 0 Å². The summed E-state index contributed by atoms with van der Waals surface area (Å²) in [7, 11) is 0. The second-order valence-electron chi connectivity index (χ2n) is 12.4. The molecule has 0 spiro atoms. The zero-order chi connectivity index (χ0) is 33.0. The topological polar surface area (TPSA) is 38.7 Å². The van der Waals surface area contributed by atoms with Gasteiger partial charge in [-0.15, -0.1) is 22.7 Å². The van der Waals surface area contributed by atoms with E-state index in [4.69, 9.17) is 15.0 Å². The Hall–Kier alpha value is -6.01. The van der Waals surface area contributed by atoms with Crippen molar-refractivity contribution in [1.29, 1.82) is 0 Å². The molecule has 5 heteroatoms. The number of aromatic nitrogens is 3. The van der Waals surface area contributed by atoms with Crippen LogP contribution in [0, 0.1) is 0 Å². The predicted octanol–water partition coefficient (Wildman–Crippen LogP) is 12.9. The second-order valence-corrected chi connectivity index (χ2v) is 14.6. The van der Waals surface area contributed by atoms with E-state index in [9.17, 15) is 0 Å². The highest BCUT2D eigenvalue weighted by Crippen LogP contribution is 2.38. The lowest BCUT2D eigenvalue weighted by Gasteiger charge is -2.10. The predicted molar refractivity (Wildman–Crippen MR) is 213 cm³/mol. The Kier molecular flexibility index (Phi) is 6.86. The molecule has 50 heavy (non-hydrogen) atoms. The van der Waals surface area contributed by atoms with Crippen molar-refractivity contribution in [2.75, 3.05) is 0 Å². The van der Waals surface area contributed by atoms with Gasteiger partial charge < -0.3 is 0 Å². The maximum atomic E-state index is 5.08. The number of hydrogen-bond donors (Lipinski definition) is 0. The fraction of sp³-hybridized carbons (Fsp3) is 0. The Bertz CT molecular complexity index is 2850. The van der Waals surface area contributed by atoms with E-state index in [0.717, 1.165) is 27.8 Å². The molecule has 10 rings (SSSR count). The quantitative estimate of drug-likeness (QED) is 0.182. The third-order valence-electron chi connectivity index (χ3n) is 9.38. The summed E-state index contributed by atoms with van der Waals surface area (Å²) in [6, 6.07) is 58.0. The van der Waals surface area contributed by atoms with E-state index >= 15 is 0 Å². The minimum absolute atomic E-state index is 0.653. The minimum Gasteiger partial charge on any atom is -0.208 e. The summed E-state index contributed by atoms with van der Waals surface area (Å²) >= 11 is 3.65. The van der Waals surface area contributed by atoms with Crippen LogP contribution in [0.25, 0.3) is 96.8 Å². The molecule has 3 aromatic heterocycles. The van der Waals surface area contributed by atoms with Crippen molar-refractivity contribution in [2.24, 2.45) is 0 Å². The van der Waals surface area contributed by atoms with Crippen molar-refractivity contribution >= 4 is 63.0 Å². The maximum Gasteiger partial charge on any atom is 0.164 e. The number of nitrogens with zero attached hydrogens (tertiary/aromatic N) is 3. The van der Waals surface area contributed by atoms with Gasteiger partial charge in [0.2, 0.25) is 0 Å². The fourth-order valence-corrected chi connectivity index (χ4v) is 9.08. The van der Waals surface area contributed by atoms with Crippen LogP contribution in [-0.4, -0.2) is 15.0 Å². The molecule has 0 unspecified atom stereocenters. The van der Waals surface area contributed by atoms with Crippen LogP contribution >= 0.6 is 22.7 Å². The number of benzene rings is 7. The molecule has 0 aliphatic rings. The van der Waals surface area contributed by atoms with Gasteiger partial charge in [-0.2, -0.15) is 0 Å². The average molecular weight is 674 g/mol. The van der Waals surface area contributed by atoms with Crippen molar-refractivity contribution in [2.45, 2.75) is 0 Å². The van der Waals surface area contributed by atoms with E-state index in [2.05, 4.69) is 158 Å². The Balaban J connectivity index is 1.06. The number of thiophene rings is 2. The van der Waals surface area contributed by atoms with Crippen LogP contribution in [-0.2, 0) is 0 Å². The highest BCUT2D eigenvalue weighted by molar-refractivity contribution is 7.26. The summed E-state index contributed by atoms with van der Waals surface area (Å²) in [4.78, 5) is 15.2. The molecule has 0 bridgehead atoms. The molecule has 0 aliphatic carbocycles. The van der Waals surface area contributed by atoms with Crippen LogP contribution < -0.4 is 0 Å². The van der Waals surface area contributed by atoms with Gasteiger partial charge in [0.05, 0.1) is 0 Å². The van der Waals surface area contributed by atoms with Gasteiger partial charge in [0.25, 0.3) is 0 Å². The average Bonchev–Trinajstić information content (AvgIpc) is 3.76. The molecule has 0 saturated heterocycles. The zero-order valence-corrected chi connectivity index (χ0v) is 28.4. The summed E-state index contributed by atoms with van der Waals surface area (Å²) in [6.45, 7) is 0. The van der Waals surface area contributed by atoms with Crippen LogP contribution in [0.15, 0.2) is 164 Å².